The molecule has 0 saturated heterocycles. The summed E-state index contributed by atoms with van der Waals surface area (Å²) in [7, 11) is 0. The van der Waals surface area contributed by atoms with E-state index >= 15 is 0 Å². The van der Waals surface area contributed by atoms with Crippen LogP contribution in [0.5, 0.6) is 0 Å². The van der Waals surface area contributed by atoms with E-state index in [0.717, 1.165) is 6.42 Å². The second-order valence-corrected chi connectivity index (χ2v) is 8.34. The van der Waals surface area contributed by atoms with E-state index in [-0.39, 0.29) is 5.41 Å². The molecule has 0 spiro atoms. The van der Waals surface area contributed by atoms with Crippen molar-refractivity contribution in [2.75, 3.05) is 0 Å². The fraction of sp³-hybridized carbons (Fsp3) is 0.231. The van der Waals surface area contributed by atoms with Crippen molar-refractivity contribution in [3.8, 4) is 22.3 Å². The first kappa shape index (κ1) is 16.8. The van der Waals surface area contributed by atoms with Gasteiger partial charge in [-0.15, -0.1) is 0 Å². The quantitative estimate of drug-likeness (QED) is 0.459. The third-order valence-corrected chi connectivity index (χ3v) is 5.50. The Hall–Kier alpha value is -2.60. The van der Waals surface area contributed by atoms with Gasteiger partial charge in [-0.2, -0.15) is 0 Å². The lowest BCUT2D eigenvalue weighted by Crippen LogP contribution is -2.08. The van der Waals surface area contributed by atoms with Crippen LogP contribution in [0.1, 0.15) is 37.5 Å². The molecule has 0 N–H and O–H groups in total. The molecule has 4 rings (SSSR count). The highest BCUT2D eigenvalue weighted by molar-refractivity contribution is 5.93. The fourth-order valence-electron chi connectivity index (χ4n) is 3.90. The number of allylic oxidation sites excluding steroid dienone is 1. The summed E-state index contributed by atoms with van der Waals surface area (Å²) in [5, 5.41) is 0. The molecule has 0 atom stereocenters. The summed E-state index contributed by atoms with van der Waals surface area (Å²) in [6, 6.07) is 24.2. The number of hydrogen-bond acceptors (Lipinski definition) is 0. The lowest BCUT2D eigenvalue weighted by molar-refractivity contribution is 0.498. The molecule has 0 amide bonds. The lowest BCUT2D eigenvalue weighted by atomic mass is 9.85. The van der Waals surface area contributed by atoms with Gasteiger partial charge in [0.2, 0.25) is 0 Å². The normalized spacial score (nSPS) is 13.5. The molecule has 130 valence electrons. The van der Waals surface area contributed by atoms with Crippen LogP contribution >= 0.6 is 0 Å². The van der Waals surface area contributed by atoms with E-state index in [9.17, 15) is 0 Å². The van der Waals surface area contributed by atoms with Crippen LogP contribution in [-0.2, 0) is 6.42 Å². The van der Waals surface area contributed by atoms with Crippen LogP contribution in [0.4, 0.5) is 0 Å². The van der Waals surface area contributed by atoms with Gasteiger partial charge in [0.15, 0.2) is 0 Å². The third-order valence-electron chi connectivity index (χ3n) is 5.50. The van der Waals surface area contributed by atoms with Crippen LogP contribution in [0.15, 0.2) is 72.3 Å². The molecular formula is C26H26. The number of benzene rings is 3. The smallest absolute Gasteiger partial charge is 0.00273 e. The van der Waals surface area contributed by atoms with Gasteiger partial charge in [-0.1, -0.05) is 99.2 Å². The molecule has 0 unspecified atom stereocenters. The molecule has 0 fully saturated rings. The van der Waals surface area contributed by atoms with E-state index in [1.807, 2.05) is 0 Å². The summed E-state index contributed by atoms with van der Waals surface area (Å²) in [4.78, 5) is 0. The van der Waals surface area contributed by atoms with Crippen molar-refractivity contribution in [1.82, 2.24) is 0 Å². The average Bonchev–Trinajstić information content (AvgIpc) is 3.07. The van der Waals surface area contributed by atoms with Crippen molar-refractivity contribution in [3.05, 3.63) is 89.0 Å². The molecule has 0 heteroatoms. The average molecular weight is 338 g/mol. The Morgan fingerprint density at radius 1 is 0.731 bits per heavy atom. The van der Waals surface area contributed by atoms with Crippen LogP contribution in [0, 0.1) is 12.3 Å². The zero-order valence-electron chi connectivity index (χ0n) is 16.1. The molecule has 0 nitrogen and oxygen atoms in total. The van der Waals surface area contributed by atoms with Crippen LogP contribution in [-0.4, -0.2) is 0 Å². The first-order valence-corrected chi connectivity index (χ1v) is 9.43. The zero-order valence-corrected chi connectivity index (χ0v) is 16.1. The molecule has 3 aromatic carbocycles. The summed E-state index contributed by atoms with van der Waals surface area (Å²) in [6.45, 7) is 9.16. The van der Waals surface area contributed by atoms with Crippen molar-refractivity contribution in [3.63, 3.8) is 0 Å². The molecule has 0 bridgehead atoms. The molecule has 0 aromatic heterocycles. The molecule has 1 aliphatic carbocycles. The minimum absolute atomic E-state index is 0.203. The fourth-order valence-corrected chi connectivity index (χ4v) is 3.90. The van der Waals surface area contributed by atoms with Crippen molar-refractivity contribution in [2.24, 2.45) is 5.41 Å². The summed E-state index contributed by atoms with van der Waals surface area (Å²) in [5.41, 5.74) is 11.2. The van der Waals surface area contributed by atoms with Crippen molar-refractivity contribution >= 4 is 6.08 Å². The summed E-state index contributed by atoms with van der Waals surface area (Å²) >= 11 is 0. The molecule has 0 heterocycles. The number of hydrogen-bond donors (Lipinski definition) is 0. The van der Waals surface area contributed by atoms with E-state index < -0.39 is 0 Å². The molecule has 0 radical (unpaired) electrons. The van der Waals surface area contributed by atoms with E-state index in [0.29, 0.717) is 0 Å². The predicted molar refractivity (Wildman–Crippen MR) is 113 cm³/mol. The van der Waals surface area contributed by atoms with Crippen molar-refractivity contribution in [1.29, 1.82) is 0 Å². The predicted octanol–water partition coefficient (Wildman–Crippen LogP) is 7.31. The molecular weight excluding hydrogens is 312 g/mol. The van der Waals surface area contributed by atoms with Crippen LogP contribution < -0.4 is 0 Å². The number of fused-ring (bicyclic) bond motifs is 1. The minimum Gasteiger partial charge on any atom is -0.0622 e. The Labute approximate surface area is 157 Å². The van der Waals surface area contributed by atoms with E-state index in [4.69, 9.17) is 0 Å². The molecule has 0 aliphatic heterocycles. The van der Waals surface area contributed by atoms with Crippen LogP contribution in [0.3, 0.4) is 0 Å². The van der Waals surface area contributed by atoms with Gasteiger partial charge < -0.3 is 0 Å². The molecule has 3 aromatic rings. The monoisotopic (exact) mass is 338 g/mol. The standard InChI is InChI=1S/C26H26/c1-18-10-8-9-13-22(18)25-23(19-11-6-5-7-12-19)15-14-20-16-21(17-24(20)25)26(2,3)4/h5-15,17H,16H2,1-4H3. The Bertz CT molecular complexity index is 982. The SMILES string of the molecule is Cc1ccccc1-c1c(-c2ccccc2)ccc2c1C=C(C(C)(C)C)C2. The van der Waals surface area contributed by atoms with Crippen molar-refractivity contribution in [2.45, 2.75) is 34.1 Å². The van der Waals surface area contributed by atoms with Gasteiger partial charge in [0, 0.05) is 0 Å². The summed E-state index contributed by atoms with van der Waals surface area (Å²) < 4.78 is 0. The number of rotatable bonds is 2. The van der Waals surface area contributed by atoms with Crippen LogP contribution in [0.2, 0.25) is 0 Å². The maximum atomic E-state index is 2.45. The second kappa shape index (κ2) is 6.29. The Morgan fingerprint density at radius 3 is 2.12 bits per heavy atom. The van der Waals surface area contributed by atoms with Gasteiger partial charge in [0.25, 0.3) is 0 Å². The second-order valence-electron chi connectivity index (χ2n) is 8.34. The van der Waals surface area contributed by atoms with Gasteiger partial charge in [0.1, 0.15) is 0 Å². The highest BCUT2D eigenvalue weighted by Crippen LogP contribution is 2.45. The minimum atomic E-state index is 0.203. The number of aryl methyl sites for hydroxylation is 1. The maximum absolute atomic E-state index is 2.45. The Morgan fingerprint density at radius 2 is 1.42 bits per heavy atom. The summed E-state index contributed by atoms with van der Waals surface area (Å²) in [6.07, 6.45) is 3.51. The van der Waals surface area contributed by atoms with Gasteiger partial charge in [0.05, 0.1) is 0 Å². The highest BCUT2D eigenvalue weighted by Gasteiger charge is 2.26. The van der Waals surface area contributed by atoms with Crippen molar-refractivity contribution < 1.29 is 0 Å². The maximum Gasteiger partial charge on any atom is -0.00273 e. The topological polar surface area (TPSA) is 0 Å². The Kier molecular flexibility index (Phi) is 4.07. The first-order valence-electron chi connectivity index (χ1n) is 9.43. The van der Waals surface area contributed by atoms with Gasteiger partial charge in [-0.05, 0) is 57.7 Å². The van der Waals surface area contributed by atoms with Gasteiger partial charge in [-0.3, -0.25) is 0 Å². The van der Waals surface area contributed by atoms with Crippen LogP contribution in [0.25, 0.3) is 28.3 Å². The molecule has 0 saturated carbocycles. The van der Waals surface area contributed by atoms with Gasteiger partial charge in [-0.25, -0.2) is 0 Å². The van der Waals surface area contributed by atoms with E-state index in [1.165, 1.54) is 44.5 Å². The first-order chi connectivity index (χ1) is 12.4. The largest absolute Gasteiger partial charge is 0.0622 e. The molecule has 1 aliphatic rings. The summed E-state index contributed by atoms with van der Waals surface area (Å²) in [5.74, 6) is 0. The molecule has 26 heavy (non-hydrogen) atoms. The van der Waals surface area contributed by atoms with E-state index in [2.05, 4.69) is 101 Å². The van der Waals surface area contributed by atoms with E-state index in [1.54, 1.807) is 0 Å². The Balaban J connectivity index is 2.02. The lowest BCUT2D eigenvalue weighted by Gasteiger charge is -2.19. The third kappa shape index (κ3) is 2.90. The highest BCUT2D eigenvalue weighted by atomic mass is 14.3. The van der Waals surface area contributed by atoms with Gasteiger partial charge >= 0.3 is 0 Å². The zero-order chi connectivity index (χ0) is 18.3.